The minimum absolute atomic E-state index is 0.0109. The van der Waals surface area contributed by atoms with Gasteiger partial charge in [0.15, 0.2) is 0 Å². The summed E-state index contributed by atoms with van der Waals surface area (Å²) in [5, 5.41) is 0.170. The number of carbonyl (C=O) groups excluding carboxylic acids is 1. The molecule has 1 saturated heterocycles. The number of hydrogen-bond acceptors (Lipinski definition) is 3. The van der Waals surface area contributed by atoms with E-state index < -0.39 is 11.2 Å². The summed E-state index contributed by atoms with van der Waals surface area (Å²) >= 11 is 0. The predicted octanol–water partition coefficient (Wildman–Crippen LogP) is 2.88. The van der Waals surface area contributed by atoms with Crippen LogP contribution in [0.5, 0.6) is 0 Å². The number of ether oxygens (including phenoxy) is 1. The lowest BCUT2D eigenvalue weighted by molar-refractivity contribution is -0.0228. The number of aromatic amines is 1. The van der Waals surface area contributed by atoms with E-state index in [1.807, 2.05) is 30.3 Å². The normalized spacial score (nSPS) is 17.4. The van der Waals surface area contributed by atoms with Crippen molar-refractivity contribution in [3.63, 3.8) is 0 Å². The third-order valence-electron chi connectivity index (χ3n) is 4.60. The summed E-state index contributed by atoms with van der Waals surface area (Å²) in [4.78, 5) is 30.0. The molecule has 1 aromatic heterocycles. The average Bonchev–Trinajstić information content (AvgIpc) is 2.69. The first-order valence-corrected chi connectivity index (χ1v) is 8.40. The van der Waals surface area contributed by atoms with Gasteiger partial charge in [-0.3, -0.25) is 9.59 Å². The van der Waals surface area contributed by atoms with Crippen molar-refractivity contribution in [2.75, 3.05) is 19.7 Å². The molecule has 1 aliphatic heterocycles. The van der Waals surface area contributed by atoms with Gasteiger partial charge in [-0.05, 0) is 23.8 Å². The zero-order valence-electron chi connectivity index (χ0n) is 13.9. The van der Waals surface area contributed by atoms with Gasteiger partial charge in [0.2, 0.25) is 5.43 Å². The summed E-state index contributed by atoms with van der Waals surface area (Å²) in [6, 6.07) is 13.6. The Hall–Kier alpha value is -2.99. The molecule has 1 N–H and O–H groups in total. The van der Waals surface area contributed by atoms with E-state index in [4.69, 9.17) is 4.74 Å². The maximum Gasteiger partial charge on any atom is 0.259 e. The Bertz CT molecular complexity index is 1020. The van der Waals surface area contributed by atoms with Crippen LogP contribution in [0.1, 0.15) is 22.0 Å². The van der Waals surface area contributed by atoms with Crippen LogP contribution < -0.4 is 5.43 Å². The number of halogens is 1. The maximum atomic E-state index is 13.5. The van der Waals surface area contributed by atoms with Crippen LogP contribution in [0.15, 0.2) is 59.5 Å². The van der Waals surface area contributed by atoms with Gasteiger partial charge in [-0.2, -0.15) is 0 Å². The Morgan fingerprint density at radius 3 is 2.81 bits per heavy atom. The van der Waals surface area contributed by atoms with Crippen LogP contribution in [0.2, 0.25) is 0 Å². The third-order valence-corrected chi connectivity index (χ3v) is 4.60. The largest absolute Gasteiger partial charge is 0.370 e. The first kappa shape index (κ1) is 16.5. The molecule has 4 rings (SSSR count). The Labute approximate surface area is 149 Å². The molecule has 2 heterocycles. The van der Waals surface area contributed by atoms with Crippen LogP contribution in [-0.4, -0.2) is 35.5 Å². The quantitative estimate of drug-likeness (QED) is 0.771. The topological polar surface area (TPSA) is 62.4 Å². The van der Waals surface area contributed by atoms with E-state index in [2.05, 4.69) is 4.98 Å². The molecule has 26 heavy (non-hydrogen) atoms. The molecule has 2 aromatic carbocycles. The first-order chi connectivity index (χ1) is 12.6. The molecule has 1 amide bonds. The van der Waals surface area contributed by atoms with Crippen molar-refractivity contribution in [1.82, 2.24) is 9.88 Å². The molecular formula is C20H17FN2O3. The molecule has 3 aromatic rings. The minimum atomic E-state index is -0.511. The summed E-state index contributed by atoms with van der Waals surface area (Å²) in [6.45, 7) is 1.16. The highest BCUT2D eigenvalue weighted by Crippen LogP contribution is 2.23. The maximum absolute atomic E-state index is 13.5. The summed E-state index contributed by atoms with van der Waals surface area (Å²) in [6.07, 6.45) is 1.17. The number of nitrogens with zero attached hydrogens (tertiary/aromatic N) is 1. The Morgan fingerprint density at radius 2 is 2.00 bits per heavy atom. The molecule has 0 saturated carbocycles. The van der Waals surface area contributed by atoms with Crippen LogP contribution >= 0.6 is 0 Å². The zero-order valence-corrected chi connectivity index (χ0v) is 13.9. The molecule has 0 unspecified atom stereocenters. The summed E-state index contributed by atoms with van der Waals surface area (Å²) in [5.41, 5.74) is 1.03. The fraction of sp³-hybridized carbons (Fsp3) is 0.200. The highest BCUT2D eigenvalue weighted by atomic mass is 19.1. The Kier molecular flexibility index (Phi) is 4.26. The van der Waals surface area contributed by atoms with Crippen molar-refractivity contribution < 1.29 is 13.9 Å². The molecule has 0 bridgehead atoms. The number of pyridine rings is 1. The van der Waals surface area contributed by atoms with Crippen molar-refractivity contribution >= 4 is 16.8 Å². The molecule has 0 aliphatic carbocycles. The minimum Gasteiger partial charge on any atom is -0.370 e. The number of aromatic nitrogens is 1. The van der Waals surface area contributed by atoms with Crippen molar-refractivity contribution in [3.8, 4) is 0 Å². The second-order valence-corrected chi connectivity index (χ2v) is 6.24. The number of hydrogen-bond donors (Lipinski definition) is 1. The molecular weight excluding hydrogens is 335 g/mol. The summed E-state index contributed by atoms with van der Waals surface area (Å²) in [7, 11) is 0. The van der Waals surface area contributed by atoms with Gasteiger partial charge in [-0.15, -0.1) is 0 Å². The highest BCUT2D eigenvalue weighted by molar-refractivity contribution is 5.97. The lowest BCUT2D eigenvalue weighted by Gasteiger charge is -2.33. The van der Waals surface area contributed by atoms with Crippen LogP contribution in [0.3, 0.4) is 0 Å². The van der Waals surface area contributed by atoms with E-state index in [9.17, 15) is 14.0 Å². The standard InChI is InChI=1S/C20H17FN2O3/c21-14-6-7-17-15(10-14)19(24)16(11-22-17)20(25)23-8-9-26-18(12-23)13-4-2-1-3-5-13/h1-7,10-11,18H,8-9,12H2,(H,22,24)/t18-/m0/s1. The Morgan fingerprint density at radius 1 is 1.19 bits per heavy atom. The average molecular weight is 352 g/mol. The first-order valence-electron chi connectivity index (χ1n) is 8.40. The molecule has 6 heteroatoms. The lowest BCUT2D eigenvalue weighted by atomic mass is 10.1. The molecule has 132 valence electrons. The second-order valence-electron chi connectivity index (χ2n) is 6.24. The fourth-order valence-corrected chi connectivity index (χ4v) is 3.22. The number of amides is 1. The van der Waals surface area contributed by atoms with Crippen molar-refractivity contribution in [2.24, 2.45) is 0 Å². The molecule has 1 atom stereocenters. The second kappa shape index (κ2) is 6.72. The van der Waals surface area contributed by atoms with Gasteiger partial charge >= 0.3 is 0 Å². The van der Waals surface area contributed by atoms with Gasteiger partial charge in [-0.25, -0.2) is 4.39 Å². The number of benzene rings is 2. The predicted molar refractivity (Wildman–Crippen MR) is 95.6 cm³/mol. The third kappa shape index (κ3) is 2.99. The smallest absolute Gasteiger partial charge is 0.259 e. The van der Waals surface area contributed by atoms with Crippen LogP contribution in [0.4, 0.5) is 4.39 Å². The number of nitrogens with one attached hydrogen (secondary N) is 1. The number of fused-ring (bicyclic) bond motifs is 1. The SMILES string of the molecule is O=C(c1c[nH]c2ccc(F)cc2c1=O)N1CCO[C@H](c2ccccc2)C1. The van der Waals surface area contributed by atoms with Crippen molar-refractivity contribution in [3.05, 3.63) is 81.9 Å². The van der Waals surface area contributed by atoms with E-state index in [1.165, 1.54) is 18.3 Å². The fourth-order valence-electron chi connectivity index (χ4n) is 3.22. The van der Waals surface area contributed by atoms with Crippen LogP contribution in [0, 0.1) is 5.82 Å². The van der Waals surface area contributed by atoms with Gasteiger partial charge in [0.05, 0.1) is 13.2 Å². The van der Waals surface area contributed by atoms with E-state index in [-0.39, 0.29) is 23.0 Å². The number of carbonyl (C=O) groups is 1. The van der Waals surface area contributed by atoms with Gasteiger partial charge < -0.3 is 14.6 Å². The molecule has 1 aliphatic rings. The van der Waals surface area contributed by atoms with E-state index in [0.29, 0.717) is 25.2 Å². The Balaban J connectivity index is 1.64. The van der Waals surface area contributed by atoms with Crippen LogP contribution in [0.25, 0.3) is 10.9 Å². The molecule has 0 radical (unpaired) electrons. The van der Waals surface area contributed by atoms with Gasteiger partial charge in [-0.1, -0.05) is 30.3 Å². The van der Waals surface area contributed by atoms with Gasteiger partial charge in [0, 0.05) is 23.6 Å². The van der Waals surface area contributed by atoms with Crippen molar-refractivity contribution in [1.29, 1.82) is 0 Å². The number of H-pyrrole nitrogens is 1. The molecule has 5 nitrogen and oxygen atoms in total. The van der Waals surface area contributed by atoms with Gasteiger partial charge in [0.1, 0.15) is 17.5 Å². The highest BCUT2D eigenvalue weighted by Gasteiger charge is 2.27. The van der Waals surface area contributed by atoms with E-state index in [0.717, 1.165) is 11.6 Å². The zero-order chi connectivity index (χ0) is 18.1. The number of rotatable bonds is 2. The molecule has 0 spiro atoms. The summed E-state index contributed by atoms with van der Waals surface area (Å²) < 4.78 is 19.2. The van der Waals surface area contributed by atoms with Crippen LogP contribution in [-0.2, 0) is 4.74 Å². The van der Waals surface area contributed by atoms with Crippen molar-refractivity contribution in [2.45, 2.75) is 6.10 Å². The lowest BCUT2D eigenvalue weighted by Crippen LogP contribution is -2.43. The summed E-state index contributed by atoms with van der Waals surface area (Å²) in [5.74, 6) is -0.884. The van der Waals surface area contributed by atoms with E-state index in [1.54, 1.807) is 4.90 Å². The molecule has 1 fully saturated rings. The van der Waals surface area contributed by atoms with E-state index >= 15 is 0 Å². The van der Waals surface area contributed by atoms with Gasteiger partial charge in [0.25, 0.3) is 5.91 Å². The monoisotopic (exact) mass is 352 g/mol. The number of morpholine rings is 1.